The van der Waals surface area contributed by atoms with Gasteiger partial charge in [-0.25, -0.2) is 0 Å². The van der Waals surface area contributed by atoms with Crippen molar-refractivity contribution in [3.8, 4) is 0 Å². The summed E-state index contributed by atoms with van der Waals surface area (Å²) in [7, 11) is -9.05. The van der Waals surface area contributed by atoms with E-state index in [4.69, 9.17) is 0 Å². The van der Waals surface area contributed by atoms with Crippen molar-refractivity contribution in [1.82, 2.24) is 0 Å². The second-order valence-corrected chi connectivity index (χ2v) is 34.9. The second kappa shape index (κ2) is 38.0. The van der Waals surface area contributed by atoms with Crippen LogP contribution in [0.4, 0.5) is 11.4 Å². The molecule has 86 heavy (non-hydrogen) atoms. The number of benzene rings is 4. The van der Waals surface area contributed by atoms with Crippen molar-refractivity contribution < 1.29 is 25.9 Å². The summed E-state index contributed by atoms with van der Waals surface area (Å²) in [5.74, 6) is -0.495. The first-order valence-corrected chi connectivity index (χ1v) is 40.6. The maximum atomic E-state index is 11.4. The van der Waals surface area contributed by atoms with Gasteiger partial charge in [0, 0.05) is 41.0 Å². The minimum atomic E-state index is -4.01. The molecular formula is C75H119N2O6PS2. The van der Waals surface area contributed by atoms with Crippen LogP contribution in [0.1, 0.15) is 246 Å². The molecule has 6 rings (SSSR count). The molecule has 4 aromatic carbocycles. The molecule has 0 aromatic heterocycles. The van der Waals surface area contributed by atoms with Crippen LogP contribution in [0.5, 0.6) is 0 Å². The Morgan fingerprint density at radius 1 is 0.442 bits per heavy atom. The van der Waals surface area contributed by atoms with E-state index in [1.807, 2.05) is 30.4 Å². The van der Waals surface area contributed by atoms with Crippen molar-refractivity contribution >= 4 is 60.4 Å². The molecule has 482 valence electrons. The third kappa shape index (κ3) is 23.5. The third-order valence-electron chi connectivity index (χ3n) is 19.0. The molecule has 0 radical (unpaired) electrons. The normalized spacial score (nSPS) is 16.6. The van der Waals surface area contributed by atoms with E-state index in [1.165, 1.54) is 161 Å². The van der Waals surface area contributed by atoms with Gasteiger partial charge in [0.2, 0.25) is 0 Å². The molecule has 2 heterocycles. The Balaban J connectivity index is 0.000000354. The Labute approximate surface area is 526 Å². The fraction of sp³-hybridized carbons (Fsp3) is 0.627. The molecule has 0 saturated heterocycles. The molecular weight excluding hydrogens is 1120 g/mol. The summed E-state index contributed by atoms with van der Waals surface area (Å²) < 4.78 is 64.1. The molecule has 1 atom stereocenters. The van der Waals surface area contributed by atoms with E-state index in [1.54, 1.807) is 50.3 Å². The van der Waals surface area contributed by atoms with E-state index < -0.39 is 27.5 Å². The number of hydrogen-bond acceptors (Lipinski definition) is 6. The SMILES string of the molecule is CC1(C)\C(=C/C=C/C=C/C=C/C2N(CCCCS(=O)(=O)O)c3ccc4ccccc4c3C2(C)C)N(CCCCS(=O)(=O)O)c2ccc3ccccc3c21.CCCCCCCCCCCCCC[PH](CCCCCC)(CCCCCC)CCCCCC. The first kappa shape index (κ1) is 73.0. The Morgan fingerprint density at radius 2 is 0.837 bits per heavy atom. The molecule has 0 fully saturated rings. The third-order valence-corrected chi connectivity index (χ3v) is 26.3. The van der Waals surface area contributed by atoms with Gasteiger partial charge in [0.15, 0.2) is 0 Å². The molecule has 11 heteroatoms. The van der Waals surface area contributed by atoms with Gasteiger partial charge in [-0.05, 0) is 76.6 Å². The van der Waals surface area contributed by atoms with Crippen LogP contribution in [-0.2, 0) is 31.1 Å². The van der Waals surface area contributed by atoms with Crippen molar-refractivity contribution in [2.45, 2.75) is 252 Å². The van der Waals surface area contributed by atoms with Gasteiger partial charge in [-0.1, -0.05) is 138 Å². The van der Waals surface area contributed by atoms with Crippen molar-refractivity contribution in [3.63, 3.8) is 0 Å². The first-order chi connectivity index (χ1) is 41.3. The summed E-state index contributed by atoms with van der Waals surface area (Å²) in [6, 6.07) is 25.5. The Morgan fingerprint density at radius 3 is 1.31 bits per heavy atom. The number of unbranched alkanes of at least 4 members (excludes halogenated alkanes) is 22. The summed E-state index contributed by atoms with van der Waals surface area (Å²) in [5.41, 5.74) is 5.41. The van der Waals surface area contributed by atoms with Gasteiger partial charge >= 0.3 is 200 Å². The van der Waals surface area contributed by atoms with Crippen LogP contribution in [-0.4, -0.2) is 81.2 Å². The molecule has 2 aliphatic rings. The summed E-state index contributed by atoms with van der Waals surface area (Å²) in [6.07, 6.45) is 58.8. The van der Waals surface area contributed by atoms with Gasteiger partial charge in [-0.3, -0.25) is 9.11 Å². The number of hydrogen-bond donors (Lipinski definition) is 2. The topological polar surface area (TPSA) is 115 Å². The van der Waals surface area contributed by atoms with Gasteiger partial charge in [-0.2, -0.15) is 16.8 Å². The van der Waals surface area contributed by atoms with E-state index in [0.717, 1.165) is 17.1 Å². The van der Waals surface area contributed by atoms with Crippen LogP contribution in [0.25, 0.3) is 21.5 Å². The van der Waals surface area contributed by atoms with E-state index in [-0.39, 0.29) is 28.4 Å². The van der Waals surface area contributed by atoms with Crippen LogP contribution in [0.15, 0.2) is 121 Å². The summed E-state index contributed by atoms with van der Waals surface area (Å²) >= 11 is 0. The average Bonchev–Trinajstić information content (AvgIpc) is 1.61. The quantitative estimate of drug-likeness (QED) is 0.0195. The summed E-state index contributed by atoms with van der Waals surface area (Å²) in [5, 5.41) is 4.79. The van der Waals surface area contributed by atoms with Gasteiger partial charge in [0.05, 0.1) is 17.5 Å². The molecule has 1 unspecified atom stereocenters. The predicted octanol–water partition coefficient (Wildman–Crippen LogP) is 21.3. The Kier molecular flexibility index (Phi) is 32.3. The zero-order valence-electron chi connectivity index (χ0n) is 55.2. The first-order valence-electron chi connectivity index (χ1n) is 34.6. The molecule has 0 bridgehead atoms. The van der Waals surface area contributed by atoms with Crippen molar-refractivity contribution in [3.05, 3.63) is 132 Å². The maximum absolute atomic E-state index is 11.4. The molecule has 0 amide bonds. The molecule has 2 N–H and O–H groups in total. The predicted molar refractivity (Wildman–Crippen MR) is 381 cm³/mol. The monoisotopic (exact) mass is 1240 g/mol. The summed E-state index contributed by atoms with van der Waals surface area (Å²) in [6.45, 7) is 19.7. The van der Waals surface area contributed by atoms with Gasteiger partial charge < -0.3 is 9.80 Å². The van der Waals surface area contributed by atoms with Crippen LogP contribution < -0.4 is 9.80 Å². The van der Waals surface area contributed by atoms with Gasteiger partial charge in [0.1, 0.15) is 0 Å². The second-order valence-electron chi connectivity index (χ2n) is 26.8. The van der Waals surface area contributed by atoms with Crippen LogP contribution in [0, 0.1) is 0 Å². The molecule has 2 aliphatic heterocycles. The molecule has 0 saturated carbocycles. The minimum absolute atomic E-state index is 0.0341. The number of anilines is 2. The van der Waals surface area contributed by atoms with Crippen LogP contribution >= 0.6 is 7.26 Å². The number of nitrogens with zero attached hydrogens (tertiary/aromatic N) is 2. The van der Waals surface area contributed by atoms with E-state index in [0.29, 0.717) is 38.8 Å². The zero-order chi connectivity index (χ0) is 62.3. The molecule has 4 aromatic rings. The molecule has 0 spiro atoms. The van der Waals surface area contributed by atoms with Crippen molar-refractivity contribution in [2.75, 3.05) is 59.0 Å². The molecule has 0 aliphatic carbocycles. The van der Waals surface area contributed by atoms with Gasteiger partial charge in [-0.15, -0.1) is 0 Å². The number of fused-ring (bicyclic) bond motifs is 6. The van der Waals surface area contributed by atoms with Crippen LogP contribution in [0.3, 0.4) is 0 Å². The average molecular weight is 1240 g/mol. The number of allylic oxidation sites excluding steroid dienone is 7. The fourth-order valence-electron chi connectivity index (χ4n) is 14.2. The fourth-order valence-corrected chi connectivity index (χ4v) is 20.9. The van der Waals surface area contributed by atoms with Crippen molar-refractivity contribution in [1.29, 1.82) is 0 Å². The van der Waals surface area contributed by atoms with Crippen LogP contribution in [0.2, 0.25) is 0 Å². The summed E-state index contributed by atoms with van der Waals surface area (Å²) in [4.78, 5) is 4.65. The zero-order valence-corrected chi connectivity index (χ0v) is 57.9. The van der Waals surface area contributed by atoms with Gasteiger partial charge in [0.25, 0.3) is 20.2 Å². The Hall–Kier alpha value is -3.79. The van der Waals surface area contributed by atoms with E-state index in [2.05, 4.69) is 150 Å². The number of rotatable bonds is 42. The van der Waals surface area contributed by atoms with E-state index in [9.17, 15) is 25.9 Å². The van der Waals surface area contributed by atoms with Crippen molar-refractivity contribution in [2.24, 2.45) is 0 Å². The standard InChI is InChI=1S/C43H50N2O6S2.C32H69P/c1-42(2)38(44(28-14-16-30-52(46,47)48)36-26-24-32-18-10-12-20-34(32)40(36)42)22-8-6-5-7-9-23-39-43(3,4)41-35-21-13-11-19-33(35)25-27-37(41)45(39)29-15-17-31-53(49,50)51;1-5-9-13-17-18-19-20-21-22-23-24-28-32-33(29-25-14-10-6-2,30-26-15-11-7-3)31-27-16-12-8-4/h5-13,18-27,38H,14-17,28-31H2,1-4H3,(H,46,47,48)(H,49,50,51);33H,5-32H2,1-4H3/b6-5+,9-7+,22-8+,39-23+;. The molecule has 8 nitrogen and oxygen atoms in total. The van der Waals surface area contributed by atoms with E-state index >= 15 is 0 Å². The Bertz CT molecular complexity index is 2930.